The van der Waals surface area contributed by atoms with Crippen molar-refractivity contribution in [3.63, 3.8) is 0 Å². The minimum atomic E-state index is -0.0105. The molecule has 1 atom stereocenters. The van der Waals surface area contributed by atoms with Gasteiger partial charge in [-0.15, -0.1) is 12.4 Å². The van der Waals surface area contributed by atoms with E-state index in [0.29, 0.717) is 19.0 Å². The van der Waals surface area contributed by atoms with Crippen molar-refractivity contribution in [2.24, 2.45) is 0 Å². The number of piperazine rings is 1. The van der Waals surface area contributed by atoms with Crippen LogP contribution in [0.5, 0.6) is 0 Å². The summed E-state index contributed by atoms with van der Waals surface area (Å²) in [7, 11) is 0. The lowest BCUT2D eigenvalue weighted by atomic mass is 10.2. The van der Waals surface area contributed by atoms with E-state index in [1.165, 1.54) is 0 Å². The van der Waals surface area contributed by atoms with E-state index in [-0.39, 0.29) is 24.2 Å². The van der Waals surface area contributed by atoms with Crippen LogP contribution in [-0.4, -0.2) is 55.5 Å². The molecule has 2 aliphatic rings. The summed E-state index contributed by atoms with van der Waals surface area (Å²) in [5.74, 6) is 0.145. The van der Waals surface area contributed by atoms with E-state index in [4.69, 9.17) is 0 Å². The smallest absolute Gasteiger partial charge is 0.238 e. The molecule has 0 aliphatic carbocycles. The van der Waals surface area contributed by atoms with E-state index in [2.05, 4.69) is 22.5 Å². The maximum Gasteiger partial charge on any atom is 0.238 e. The van der Waals surface area contributed by atoms with Gasteiger partial charge in [0.05, 0.1) is 6.54 Å². The molecule has 0 bridgehead atoms. The first-order chi connectivity index (χ1) is 11.1. The van der Waals surface area contributed by atoms with Gasteiger partial charge >= 0.3 is 0 Å². The second kappa shape index (κ2) is 8.46. The van der Waals surface area contributed by atoms with E-state index < -0.39 is 0 Å². The topological polar surface area (TPSA) is 64.7 Å². The molecule has 24 heavy (non-hydrogen) atoms. The summed E-state index contributed by atoms with van der Waals surface area (Å²) in [5.41, 5.74) is 1.61. The van der Waals surface area contributed by atoms with Crippen LogP contribution < -0.4 is 15.5 Å². The summed E-state index contributed by atoms with van der Waals surface area (Å²) < 4.78 is 0. The van der Waals surface area contributed by atoms with Gasteiger partial charge in [0.2, 0.25) is 11.8 Å². The number of benzene rings is 1. The Labute approximate surface area is 149 Å². The van der Waals surface area contributed by atoms with E-state index in [1.54, 1.807) is 4.90 Å². The molecule has 1 aromatic carbocycles. The Balaban J connectivity index is 0.00000208. The van der Waals surface area contributed by atoms with E-state index in [0.717, 1.165) is 44.0 Å². The molecule has 0 radical (unpaired) electrons. The lowest BCUT2D eigenvalue weighted by molar-refractivity contribution is -0.118. The molecule has 2 saturated heterocycles. The summed E-state index contributed by atoms with van der Waals surface area (Å²) >= 11 is 0. The van der Waals surface area contributed by atoms with Gasteiger partial charge < -0.3 is 15.5 Å². The zero-order valence-corrected chi connectivity index (χ0v) is 14.8. The minimum absolute atomic E-state index is 0. The molecule has 0 spiro atoms. The van der Waals surface area contributed by atoms with Gasteiger partial charge in [0.1, 0.15) is 0 Å². The van der Waals surface area contributed by atoms with Crippen molar-refractivity contribution in [3.05, 3.63) is 24.3 Å². The Morgan fingerprint density at radius 1 is 1.38 bits per heavy atom. The fourth-order valence-corrected chi connectivity index (χ4v) is 3.18. The van der Waals surface area contributed by atoms with Crippen LogP contribution in [0.15, 0.2) is 24.3 Å². The first-order valence-electron chi connectivity index (χ1n) is 8.28. The largest absolute Gasteiger partial charge is 0.325 e. The Kier molecular flexibility index (Phi) is 6.60. The molecular weight excluding hydrogens is 328 g/mol. The molecule has 2 amide bonds. The molecule has 2 aliphatic heterocycles. The monoisotopic (exact) mass is 352 g/mol. The van der Waals surface area contributed by atoms with Crippen molar-refractivity contribution >= 4 is 35.6 Å². The number of hydrogen-bond donors (Lipinski definition) is 2. The van der Waals surface area contributed by atoms with E-state index in [1.807, 2.05) is 24.3 Å². The molecule has 2 heterocycles. The number of amides is 2. The van der Waals surface area contributed by atoms with Crippen LogP contribution in [0.25, 0.3) is 0 Å². The maximum atomic E-state index is 12.3. The molecule has 7 heteroatoms. The van der Waals surface area contributed by atoms with Gasteiger partial charge in [0.25, 0.3) is 0 Å². The zero-order valence-electron chi connectivity index (χ0n) is 14.0. The molecule has 6 nitrogen and oxygen atoms in total. The highest BCUT2D eigenvalue weighted by Gasteiger charge is 2.22. The first-order valence-corrected chi connectivity index (χ1v) is 8.28. The second-order valence-corrected chi connectivity index (χ2v) is 6.27. The summed E-state index contributed by atoms with van der Waals surface area (Å²) in [5, 5.41) is 6.27. The Hall–Kier alpha value is -1.63. The Morgan fingerprint density at radius 3 is 2.92 bits per heavy atom. The third-order valence-corrected chi connectivity index (χ3v) is 4.50. The van der Waals surface area contributed by atoms with Crippen LogP contribution in [0, 0.1) is 0 Å². The molecule has 0 saturated carbocycles. The number of carbonyl (C=O) groups excluding carboxylic acids is 2. The van der Waals surface area contributed by atoms with Crippen molar-refractivity contribution in [2.45, 2.75) is 25.8 Å². The number of rotatable bonds is 4. The predicted molar refractivity (Wildman–Crippen MR) is 97.8 cm³/mol. The van der Waals surface area contributed by atoms with Gasteiger partial charge in [-0.25, -0.2) is 0 Å². The lowest BCUT2D eigenvalue weighted by Gasteiger charge is -2.33. The first kappa shape index (κ1) is 18.7. The van der Waals surface area contributed by atoms with Gasteiger partial charge in [-0.3, -0.25) is 14.5 Å². The fraction of sp³-hybridized carbons (Fsp3) is 0.529. The highest BCUT2D eigenvalue weighted by atomic mass is 35.5. The lowest BCUT2D eigenvalue weighted by Crippen LogP contribution is -2.51. The number of anilines is 2. The molecule has 0 aromatic heterocycles. The van der Waals surface area contributed by atoms with Crippen LogP contribution in [0.2, 0.25) is 0 Å². The van der Waals surface area contributed by atoms with Gasteiger partial charge in [0, 0.05) is 50.0 Å². The number of carbonyl (C=O) groups is 2. The summed E-state index contributed by atoms with van der Waals surface area (Å²) in [6.07, 6.45) is 1.51. The fourth-order valence-electron chi connectivity index (χ4n) is 3.18. The van der Waals surface area contributed by atoms with E-state index in [9.17, 15) is 9.59 Å². The Morgan fingerprint density at radius 2 is 2.21 bits per heavy atom. The molecule has 0 unspecified atom stereocenters. The van der Waals surface area contributed by atoms with Crippen molar-refractivity contribution in [1.29, 1.82) is 0 Å². The molecular formula is C17H25ClN4O2. The summed E-state index contributed by atoms with van der Waals surface area (Å²) in [6, 6.07) is 7.90. The molecule has 2 N–H and O–H groups in total. The van der Waals surface area contributed by atoms with Crippen LogP contribution in [0.1, 0.15) is 19.8 Å². The van der Waals surface area contributed by atoms with Crippen LogP contribution in [0.4, 0.5) is 11.4 Å². The third-order valence-electron chi connectivity index (χ3n) is 4.50. The van der Waals surface area contributed by atoms with E-state index >= 15 is 0 Å². The highest BCUT2D eigenvalue weighted by molar-refractivity contribution is 5.97. The SMILES string of the molecule is C[C@@H]1CNCCN1CC(=O)Nc1cccc(N2CCCC2=O)c1.Cl. The van der Waals surface area contributed by atoms with Crippen molar-refractivity contribution in [1.82, 2.24) is 10.2 Å². The molecule has 132 valence electrons. The van der Waals surface area contributed by atoms with Crippen LogP contribution in [0.3, 0.4) is 0 Å². The summed E-state index contributed by atoms with van der Waals surface area (Å²) in [4.78, 5) is 28.1. The molecule has 3 rings (SSSR count). The molecule has 2 fully saturated rings. The summed E-state index contributed by atoms with van der Waals surface area (Å²) in [6.45, 7) is 6.00. The van der Waals surface area contributed by atoms with Gasteiger partial charge in [-0.2, -0.15) is 0 Å². The number of nitrogens with one attached hydrogen (secondary N) is 2. The predicted octanol–water partition coefficient (Wildman–Crippen LogP) is 1.47. The number of hydrogen-bond acceptors (Lipinski definition) is 4. The highest BCUT2D eigenvalue weighted by Crippen LogP contribution is 2.24. The van der Waals surface area contributed by atoms with Gasteiger partial charge in [0.15, 0.2) is 0 Å². The Bertz CT molecular complexity index is 596. The van der Waals surface area contributed by atoms with Gasteiger partial charge in [-0.05, 0) is 31.5 Å². The quantitative estimate of drug-likeness (QED) is 0.861. The van der Waals surface area contributed by atoms with Gasteiger partial charge in [-0.1, -0.05) is 6.07 Å². The van der Waals surface area contributed by atoms with Crippen molar-refractivity contribution in [3.8, 4) is 0 Å². The second-order valence-electron chi connectivity index (χ2n) is 6.27. The number of nitrogens with zero attached hydrogens (tertiary/aromatic N) is 2. The molecule has 1 aromatic rings. The normalized spacial score (nSPS) is 21.5. The van der Waals surface area contributed by atoms with Crippen LogP contribution in [-0.2, 0) is 9.59 Å². The average Bonchev–Trinajstić information content (AvgIpc) is 2.96. The van der Waals surface area contributed by atoms with Crippen molar-refractivity contribution in [2.75, 3.05) is 42.9 Å². The zero-order chi connectivity index (χ0) is 16.2. The van der Waals surface area contributed by atoms with Crippen molar-refractivity contribution < 1.29 is 9.59 Å². The standard InChI is InChI=1S/C17H24N4O2.ClH/c1-13-11-18-7-9-20(13)12-16(22)19-14-4-2-5-15(10-14)21-8-3-6-17(21)23;/h2,4-5,10,13,18H,3,6-9,11-12H2,1H3,(H,19,22);1H/t13-;/m1./s1. The maximum absolute atomic E-state index is 12.3. The average molecular weight is 353 g/mol. The number of halogens is 1. The third kappa shape index (κ3) is 4.47. The minimum Gasteiger partial charge on any atom is -0.325 e. The van der Waals surface area contributed by atoms with Crippen LogP contribution >= 0.6 is 12.4 Å².